The lowest BCUT2D eigenvalue weighted by Crippen LogP contribution is -2.44. The summed E-state index contributed by atoms with van der Waals surface area (Å²) in [6, 6.07) is 13.9. The molecule has 35 heavy (non-hydrogen) atoms. The van der Waals surface area contributed by atoms with Crippen molar-refractivity contribution >= 4 is 15.9 Å². The Morgan fingerprint density at radius 1 is 0.914 bits per heavy atom. The van der Waals surface area contributed by atoms with E-state index in [1.165, 1.54) is 28.6 Å². The van der Waals surface area contributed by atoms with Gasteiger partial charge in [-0.1, -0.05) is 6.07 Å². The average Bonchev–Trinajstić information content (AvgIpc) is 3.27. The first kappa shape index (κ1) is 23.6. The largest absolute Gasteiger partial charge is 0.490 e. The lowest BCUT2D eigenvalue weighted by Gasteiger charge is -2.34. The Morgan fingerprint density at radius 2 is 1.63 bits per heavy atom. The zero-order valence-electron chi connectivity index (χ0n) is 19.6. The number of piperidine rings is 1. The molecule has 9 heteroatoms. The van der Waals surface area contributed by atoms with Gasteiger partial charge in [-0.15, -0.1) is 0 Å². The van der Waals surface area contributed by atoms with Crippen LogP contribution in [0.3, 0.4) is 0 Å². The van der Waals surface area contributed by atoms with Crippen LogP contribution in [0.5, 0.6) is 11.5 Å². The molecule has 0 aromatic heterocycles. The molecular formula is C26H29N3O5S. The van der Waals surface area contributed by atoms with Crippen molar-refractivity contribution in [2.24, 2.45) is 5.92 Å². The molecule has 0 radical (unpaired) electrons. The van der Waals surface area contributed by atoms with Crippen LogP contribution in [0, 0.1) is 17.2 Å². The lowest BCUT2D eigenvalue weighted by molar-refractivity contribution is -0.137. The van der Waals surface area contributed by atoms with Crippen LogP contribution >= 0.6 is 0 Å². The summed E-state index contributed by atoms with van der Waals surface area (Å²) in [7, 11) is -3.65. The molecule has 2 aromatic carbocycles. The molecule has 2 fully saturated rings. The topological polar surface area (TPSA) is 99.9 Å². The maximum Gasteiger partial charge on any atom is 0.243 e. The van der Waals surface area contributed by atoms with Crippen molar-refractivity contribution in [3.63, 3.8) is 0 Å². The van der Waals surface area contributed by atoms with Crippen molar-refractivity contribution in [1.82, 2.24) is 9.21 Å². The highest BCUT2D eigenvalue weighted by Crippen LogP contribution is 2.39. The number of nitrogens with zero attached hydrogens (tertiary/aromatic N) is 3. The van der Waals surface area contributed by atoms with Crippen molar-refractivity contribution in [3.8, 4) is 17.6 Å². The van der Waals surface area contributed by atoms with Gasteiger partial charge in [0.2, 0.25) is 15.9 Å². The van der Waals surface area contributed by atoms with E-state index >= 15 is 0 Å². The summed E-state index contributed by atoms with van der Waals surface area (Å²) in [6.07, 6.45) is 3.68. The van der Waals surface area contributed by atoms with E-state index in [4.69, 9.17) is 14.7 Å². The molecule has 5 rings (SSSR count). The minimum Gasteiger partial charge on any atom is -0.490 e. The van der Waals surface area contributed by atoms with Crippen LogP contribution < -0.4 is 9.47 Å². The van der Waals surface area contributed by atoms with Crippen molar-refractivity contribution in [2.75, 3.05) is 32.8 Å². The molecule has 2 saturated heterocycles. The van der Waals surface area contributed by atoms with Crippen LogP contribution in [0.1, 0.15) is 49.3 Å². The number of carbonyl (C=O) groups is 1. The van der Waals surface area contributed by atoms with Gasteiger partial charge >= 0.3 is 0 Å². The highest BCUT2D eigenvalue weighted by Gasteiger charge is 2.38. The predicted octanol–water partition coefficient (Wildman–Crippen LogP) is 3.48. The van der Waals surface area contributed by atoms with Gasteiger partial charge in [0.05, 0.1) is 35.8 Å². The first-order valence-corrected chi connectivity index (χ1v) is 13.6. The SMILES string of the molecule is N#Cc1ccc(S(=O)(=O)N2CCC(C(=O)N3CCC[C@@H]3c3ccc4c(c3)OCCCO4)CC2)cc1. The maximum absolute atomic E-state index is 13.5. The zero-order valence-corrected chi connectivity index (χ0v) is 20.4. The summed E-state index contributed by atoms with van der Waals surface area (Å²) in [4.78, 5) is 15.6. The minimum absolute atomic E-state index is 0.0000594. The Hall–Kier alpha value is -3.09. The van der Waals surface area contributed by atoms with E-state index in [1.807, 2.05) is 29.2 Å². The van der Waals surface area contributed by atoms with Crippen molar-refractivity contribution < 1.29 is 22.7 Å². The molecule has 3 heterocycles. The van der Waals surface area contributed by atoms with E-state index in [1.54, 1.807) is 0 Å². The molecule has 3 aliphatic rings. The second-order valence-corrected chi connectivity index (χ2v) is 11.2. The minimum atomic E-state index is -3.65. The third-order valence-corrected chi connectivity index (χ3v) is 9.03. The van der Waals surface area contributed by atoms with E-state index < -0.39 is 10.0 Å². The van der Waals surface area contributed by atoms with Gasteiger partial charge in [-0.3, -0.25) is 4.79 Å². The van der Waals surface area contributed by atoms with Crippen LogP contribution in [-0.2, 0) is 14.8 Å². The number of rotatable bonds is 4. The number of likely N-dealkylation sites (tertiary alicyclic amines) is 1. The molecule has 3 aliphatic heterocycles. The molecule has 0 saturated carbocycles. The molecule has 1 amide bonds. The predicted molar refractivity (Wildman–Crippen MR) is 128 cm³/mol. The Bertz CT molecular complexity index is 1230. The molecule has 0 aliphatic carbocycles. The second kappa shape index (κ2) is 9.88. The molecule has 0 bridgehead atoms. The van der Waals surface area contributed by atoms with E-state index in [2.05, 4.69) is 0 Å². The number of carbonyl (C=O) groups excluding carboxylic acids is 1. The zero-order chi connectivity index (χ0) is 24.4. The van der Waals surface area contributed by atoms with Gasteiger partial charge in [0.1, 0.15) is 0 Å². The second-order valence-electron chi connectivity index (χ2n) is 9.26. The third kappa shape index (κ3) is 4.73. The smallest absolute Gasteiger partial charge is 0.243 e. The van der Waals surface area contributed by atoms with E-state index in [-0.39, 0.29) is 22.8 Å². The van der Waals surface area contributed by atoms with Gasteiger partial charge in [0, 0.05) is 32.0 Å². The van der Waals surface area contributed by atoms with E-state index in [0.29, 0.717) is 51.3 Å². The summed E-state index contributed by atoms with van der Waals surface area (Å²) >= 11 is 0. The van der Waals surface area contributed by atoms with Gasteiger partial charge in [0.15, 0.2) is 11.5 Å². The van der Waals surface area contributed by atoms with Crippen LogP contribution in [0.15, 0.2) is 47.4 Å². The molecule has 2 aromatic rings. The number of hydrogen-bond donors (Lipinski definition) is 0. The number of ether oxygens (including phenoxy) is 2. The molecule has 0 N–H and O–H groups in total. The fraction of sp³-hybridized carbons (Fsp3) is 0.462. The maximum atomic E-state index is 13.5. The molecule has 8 nitrogen and oxygen atoms in total. The first-order chi connectivity index (χ1) is 17.0. The summed E-state index contributed by atoms with van der Waals surface area (Å²) < 4.78 is 39.1. The normalized spacial score (nSPS) is 21.3. The summed E-state index contributed by atoms with van der Waals surface area (Å²) in [5.41, 5.74) is 1.47. The fourth-order valence-electron chi connectivity index (χ4n) is 5.19. The Kier molecular flexibility index (Phi) is 6.67. The number of sulfonamides is 1. The fourth-order valence-corrected chi connectivity index (χ4v) is 6.66. The van der Waals surface area contributed by atoms with Crippen LogP contribution in [-0.4, -0.2) is 56.4 Å². The van der Waals surface area contributed by atoms with Gasteiger partial charge < -0.3 is 14.4 Å². The number of benzene rings is 2. The van der Waals surface area contributed by atoms with E-state index in [9.17, 15) is 13.2 Å². The van der Waals surface area contributed by atoms with Crippen molar-refractivity contribution in [2.45, 2.75) is 43.0 Å². The number of hydrogen-bond acceptors (Lipinski definition) is 6. The molecular weight excluding hydrogens is 466 g/mol. The number of amides is 1. The van der Waals surface area contributed by atoms with Crippen LogP contribution in [0.25, 0.3) is 0 Å². The molecule has 184 valence electrons. The quantitative estimate of drug-likeness (QED) is 0.644. The van der Waals surface area contributed by atoms with Gasteiger partial charge in [-0.25, -0.2) is 8.42 Å². The summed E-state index contributed by atoms with van der Waals surface area (Å²) in [5, 5.41) is 8.95. The lowest BCUT2D eigenvalue weighted by atomic mass is 9.95. The van der Waals surface area contributed by atoms with Crippen molar-refractivity contribution in [1.29, 1.82) is 5.26 Å². The van der Waals surface area contributed by atoms with Crippen LogP contribution in [0.4, 0.5) is 0 Å². The number of fused-ring (bicyclic) bond motifs is 1. The first-order valence-electron chi connectivity index (χ1n) is 12.2. The highest BCUT2D eigenvalue weighted by molar-refractivity contribution is 7.89. The van der Waals surface area contributed by atoms with Crippen LogP contribution in [0.2, 0.25) is 0 Å². The standard InChI is InChI=1S/C26H29N3O5S/c27-18-19-4-7-22(8-5-19)35(31,32)28-13-10-20(11-14-28)26(30)29-12-1-3-23(29)21-6-9-24-25(17-21)34-16-2-15-33-24/h4-9,17,20,23H,1-3,10-16H2/t23-/m1/s1. The van der Waals surface area contributed by atoms with Gasteiger partial charge in [0.25, 0.3) is 0 Å². The average molecular weight is 496 g/mol. The van der Waals surface area contributed by atoms with Crippen molar-refractivity contribution in [3.05, 3.63) is 53.6 Å². The Balaban J connectivity index is 1.25. The summed E-state index contributed by atoms with van der Waals surface area (Å²) in [6.45, 7) is 2.58. The monoisotopic (exact) mass is 495 g/mol. The third-order valence-electron chi connectivity index (χ3n) is 7.12. The molecule has 0 spiro atoms. The molecule has 0 unspecified atom stereocenters. The number of nitriles is 1. The van der Waals surface area contributed by atoms with E-state index in [0.717, 1.165) is 36.3 Å². The Labute approximate surface area is 206 Å². The summed E-state index contributed by atoms with van der Waals surface area (Å²) in [5.74, 6) is 1.40. The van der Waals surface area contributed by atoms with Gasteiger partial charge in [-0.05, 0) is 67.6 Å². The van der Waals surface area contributed by atoms with Gasteiger partial charge in [-0.2, -0.15) is 9.57 Å². The Morgan fingerprint density at radius 3 is 2.34 bits per heavy atom. The molecule has 1 atom stereocenters. The highest BCUT2D eigenvalue weighted by atomic mass is 32.2.